The maximum atomic E-state index is 13.9. The molecule has 186 valence electrons. The Morgan fingerprint density at radius 3 is 2.63 bits per heavy atom. The molecule has 0 radical (unpaired) electrons. The number of hydrogen-bond acceptors (Lipinski definition) is 6. The fraction of sp³-hybridized carbons (Fsp3) is 0.538. The van der Waals surface area contributed by atoms with Crippen molar-refractivity contribution in [2.45, 2.75) is 50.1 Å². The minimum atomic E-state index is -1.19. The van der Waals surface area contributed by atoms with E-state index in [4.69, 9.17) is 0 Å². The van der Waals surface area contributed by atoms with Crippen molar-refractivity contribution in [1.82, 2.24) is 25.0 Å². The fourth-order valence-electron chi connectivity index (χ4n) is 5.86. The number of nitrogens with one attached hydrogen (secondary N) is 1. The van der Waals surface area contributed by atoms with Gasteiger partial charge in [-0.3, -0.25) is 24.4 Å². The highest BCUT2D eigenvalue weighted by Crippen LogP contribution is 2.41. The molecule has 3 aliphatic rings. The molecule has 3 aliphatic heterocycles. The van der Waals surface area contributed by atoms with Crippen LogP contribution in [0.2, 0.25) is 0 Å². The lowest BCUT2D eigenvalue weighted by atomic mass is 9.75. The van der Waals surface area contributed by atoms with E-state index in [2.05, 4.69) is 15.2 Å². The number of likely N-dealkylation sites (N-methyl/N-ethyl adjacent to an activating group) is 1. The molecule has 9 heteroatoms. The van der Waals surface area contributed by atoms with Crippen molar-refractivity contribution >= 4 is 29.2 Å². The van der Waals surface area contributed by atoms with Gasteiger partial charge < -0.3 is 10.2 Å². The van der Waals surface area contributed by atoms with E-state index in [1.54, 1.807) is 17.5 Å². The number of nitrogens with zero attached hydrogens (tertiary/aromatic N) is 4. The molecule has 5 heterocycles. The van der Waals surface area contributed by atoms with E-state index in [-0.39, 0.29) is 29.8 Å². The van der Waals surface area contributed by atoms with Gasteiger partial charge in [-0.2, -0.15) is 0 Å². The van der Waals surface area contributed by atoms with Gasteiger partial charge in [0.2, 0.25) is 5.91 Å². The van der Waals surface area contributed by atoms with Gasteiger partial charge in [0, 0.05) is 36.6 Å². The molecule has 5 rings (SSSR count). The highest BCUT2D eigenvalue weighted by Gasteiger charge is 2.58. The second-order valence-corrected chi connectivity index (χ2v) is 10.9. The van der Waals surface area contributed by atoms with Gasteiger partial charge in [-0.25, -0.2) is 4.79 Å². The predicted molar refractivity (Wildman–Crippen MR) is 134 cm³/mol. The second-order valence-electron chi connectivity index (χ2n) is 9.83. The van der Waals surface area contributed by atoms with Crippen LogP contribution in [0.5, 0.6) is 0 Å². The molecule has 2 aromatic rings. The van der Waals surface area contributed by atoms with Crippen LogP contribution >= 0.6 is 11.3 Å². The average Bonchev–Trinajstić information content (AvgIpc) is 3.50. The molecule has 0 unspecified atom stereocenters. The Hall–Kier alpha value is -2.78. The zero-order valence-electron chi connectivity index (χ0n) is 20.2. The number of thiophene rings is 1. The summed E-state index contributed by atoms with van der Waals surface area (Å²) in [5.74, 6) is -0.167. The van der Waals surface area contributed by atoms with Crippen molar-refractivity contribution in [3.63, 3.8) is 0 Å². The molecule has 35 heavy (non-hydrogen) atoms. The van der Waals surface area contributed by atoms with Gasteiger partial charge in [0.25, 0.3) is 5.91 Å². The molecule has 0 aliphatic carbocycles. The number of aromatic nitrogens is 1. The van der Waals surface area contributed by atoms with Crippen LogP contribution in [0.3, 0.4) is 0 Å². The molecule has 0 saturated carbocycles. The van der Waals surface area contributed by atoms with Crippen LogP contribution < -0.4 is 5.32 Å². The number of imide groups is 1. The summed E-state index contributed by atoms with van der Waals surface area (Å²) >= 11 is 1.62. The zero-order valence-corrected chi connectivity index (χ0v) is 21.0. The third-order valence-electron chi connectivity index (χ3n) is 7.84. The Kier molecular flexibility index (Phi) is 6.88. The molecule has 1 N–H and O–H groups in total. The molecule has 3 fully saturated rings. The normalized spacial score (nSPS) is 26.3. The summed E-state index contributed by atoms with van der Waals surface area (Å²) in [4.78, 5) is 51.4. The Balaban J connectivity index is 1.34. The molecule has 4 amide bonds. The van der Waals surface area contributed by atoms with Crippen molar-refractivity contribution < 1.29 is 14.4 Å². The van der Waals surface area contributed by atoms with E-state index < -0.39 is 5.54 Å². The van der Waals surface area contributed by atoms with Gasteiger partial charge in [-0.15, -0.1) is 11.3 Å². The Morgan fingerprint density at radius 1 is 1.11 bits per heavy atom. The fourth-order valence-corrected chi connectivity index (χ4v) is 6.56. The van der Waals surface area contributed by atoms with E-state index in [1.165, 1.54) is 4.90 Å². The summed E-state index contributed by atoms with van der Waals surface area (Å²) in [5, 5.41) is 5.06. The first kappa shape index (κ1) is 23.9. The third kappa shape index (κ3) is 4.47. The van der Waals surface area contributed by atoms with Gasteiger partial charge in [-0.1, -0.05) is 18.6 Å². The predicted octanol–water partition coefficient (Wildman–Crippen LogP) is 2.86. The summed E-state index contributed by atoms with van der Waals surface area (Å²) in [6.45, 7) is 2.46. The molecule has 0 spiro atoms. The lowest BCUT2D eigenvalue weighted by Gasteiger charge is -2.42. The molecule has 8 nitrogen and oxygen atoms in total. The minimum absolute atomic E-state index is 0.0504. The van der Waals surface area contributed by atoms with Crippen LogP contribution in [0.4, 0.5) is 4.79 Å². The number of likely N-dealkylation sites (tertiary alicyclic amines) is 2. The largest absolute Gasteiger partial charge is 0.341 e. The van der Waals surface area contributed by atoms with Crippen LogP contribution in [-0.4, -0.2) is 76.8 Å². The number of hydrogen-bond donors (Lipinski definition) is 1. The van der Waals surface area contributed by atoms with Crippen molar-refractivity contribution in [3.8, 4) is 0 Å². The summed E-state index contributed by atoms with van der Waals surface area (Å²) in [6.07, 6.45) is 6.72. The molecule has 2 atom stereocenters. The van der Waals surface area contributed by atoms with Gasteiger partial charge in [0.05, 0.1) is 11.7 Å². The van der Waals surface area contributed by atoms with Gasteiger partial charge in [0.15, 0.2) is 5.54 Å². The first-order valence-corrected chi connectivity index (χ1v) is 13.5. The Bertz CT molecular complexity index is 1050. The van der Waals surface area contributed by atoms with Crippen LogP contribution in [0, 0.1) is 5.92 Å². The topological polar surface area (TPSA) is 85.8 Å². The average molecular weight is 496 g/mol. The number of rotatable bonds is 6. The molecule has 2 aromatic heterocycles. The SMILES string of the molecule is CN1CCCC[C@@H]1C(=O)N1CCC([C@@]2(c3ccccn3)NC(=O)N(CCc3cccs3)C2=O)CC1. The minimum Gasteiger partial charge on any atom is -0.341 e. The molecule has 3 saturated heterocycles. The summed E-state index contributed by atoms with van der Waals surface area (Å²) in [7, 11) is 2.03. The first-order valence-electron chi connectivity index (χ1n) is 12.6. The van der Waals surface area contributed by atoms with Crippen LogP contribution in [0.15, 0.2) is 41.9 Å². The summed E-state index contributed by atoms with van der Waals surface area (Å²) in [5.41, 5.74) is -0.612. The van der Waals surface area contributed by atoms with Gasteiger partial charge >= 0.3 is 6.03 Å². The Labute approximate surface area is 210 Å². The van der Waals surface area contributed by atoms with E-state index >= 15 is 0 Å². The Morgan fingerprint density at radius 2 is 1.94 bits per heavy atom. The van der Waals surface area contributed by atoms with Crippen molar-refractivity contribution in [1.29, 1.82) is 0 Å². The second kappa shape index (κ2) is 10.1. The summed E-state index contributed by atoms with van der Waals surface area (Å²) < 4.78 is 0. The van der Waals surface area contributed by atoms with E-state index in [0.29, 0.717) is 44.6 Å². The van der Waals surface area contributed by atoms with Crippen LogP contribution in [0.25, 0.3) is 0 Å². The smallest absolute Gasteiger partial charge is 0.325 e. The monoisotopic (exact) mass is 495 g/mol. The quantitative estimate of drug-likeness (QED) is 0.623. The van der Waals surface area contributed by atoms with Gasteiger partial charge in [-0.05, 0) is 69.3 Å². The molecular formula is C26H33N5O3S. The van der Waals surface area contributed by atoms with Crippen LogP contribution in [0.1, 0.15) is 42.7 Å². The maximum absolute atomic E-state index is 13.9. The number of urea groups is 1. The highest BCUT2D eigenvalue weighted by molar-refractivity contribution is 7.09. The number of amides is 4. The maximum Gasteiger partial charge on any atom is 0.325 e. The van der Waals surface area contributed by atoms with Crippen molar-refractivity contribution in [2.75, 3.05) is 33.2 Å². The zero-order chi connectivity index (χ0) is 24.4. The number of piperidine rings is 2. The molecule has 0 aromatic carbocycles. The van der Waals surface area contributed by atoms with E-state index in [0.717, 1.165) is 30.7 Å². The van der Waals surface area contributed by atoms with Crippen molar-refractivity contribution in [2.24, 2.45) is 5.92 Å². The van der Waals surface area contributed by atoms with Gasteiger partial charge in [0.1, 0.15) is 0 Å². The van der Waals surface area contributed by atoms with E-state index in [9.17, 15) is 14.4 Å². The molecule has 0 bridgehead atoms. The summed E-state index contributed by atoms with van der Waals surface area (Å²) in [6, 6.07) is 9.08. The number of pyridine rings is 1. The molecular weight excluding hydrogens is 462 g/mol. The van der Waals surface area contributed by atoms with Crippen molar-refractivity contribution in [3.05, 3.63) is 52.5 Å². The first-order chi connectivity index (χ1) is 17.0. The number of carbonyl (C=O) groups is 3. The lowest BCUT2D eigenvalue weighted by molar-refractivity contribution is -0.140. The lowest BCUT2D eigenvalue weighted by Crippen LogP contribution is -2.56. The van der Waals surface area contributed by atoms with Crippen LogP contribution in [-0.2, 0) is 21.5 Å². The standard InChI is InChI=1S/C26H33N5O3S/c1-29-14-5-3-8-21(29)23(32)30-15-10-19(11-16-30)26(22-9-2-4-13-27-22)24(33)31(25(34)28-26)17-12-20-7-6-18-35-20/h2,4,6-7,9,13,18-19,21H,3,5,8,10-12,14-17H2,1H3,(H,28,34)/t21-,26+/m1/s1. The number of carbonyl (C=O) groups excluding carboxylic acids is 3. The highest BCUT2D eigenvalue weighted by atomic mass is 32.1. The van der Waals surface area contributed by atoms with E-state index in [1.807, 2.05) is 47.7 Å². The third-order valence-corrected chi connectivity index (χ3v) is 8.77.